The number of carbonyl (C=O) groups is 2. The fourth-order valence-corrected chi connectivity index (χ4v) is 4.78. The zero-order valence-corrected chi connectivity index (χ0v) is 23.0. The van der Waals surface area contributed by atoms with Crippen LogP contribution in [0.1, 0.15) is 32.4 Å². The SMILES string of the molecule is C[C@H]1CN([C@@H](C)CO)C(=O)CCCn2nncc2CO[C@H]1CN(C)C(=O)Nc1ccnc(N2CCOCC2)c1. The van der Waals surface area contributed by atoms with E-state index in [1.165, 1.54) is 0 Å². The molecular weight excluding hydrogens is 504 g/mol. The predicted octanol–water partition coefficient (Wildman–Crippen LogP) is 1.20. The smallest absolute Gasteiger partial charge is 0.321 e. The molecule has 214 valence electrons. The molecule has 2 N–H and O–H groups in total. The van der Waals surface area contributed by atoms with Crippen LogP contribution in [-0.4, -0.2) is 112 Å². The van der Waals surface area contributed by atoms with Crippen molar-refractivity contribution in [3.63, 3.8) is 0 Å². The lowest BCUT2D eigenvalue weighted by Gasteiger charge is -2.35. The highest BCUT2D eigenvalue weighted by molar-refractivity contribution is 5.89. The highest BCUT2D eigenvalue weighted by Gasteiger charge is 2.29. The number of morpholine rings is 1. The Balaban J connectivity index is 1.45. The normalized spacial score (nSPS) is 21.9. The molecule has 0 unspecified atom stereocenters. The van der Waals surface area contributed by atoms with Gasteiger partial charge in [0.2, 0.25) is 5.91 Å². The minimum absolute atomic E-state index is 0.0238. The first kappa shape index (κ1) is 28.7. The molecule has 2 aromatic rings. The number of nitrogens with one attached hydrogen (secondary N) is 1. The number of amides is 3. The number of anilines is 2. The number of likely N-dealkylation sites (N-methyl/N-ethyl adjacent to an activating group) is 1. The second-order valence-corrected chi connectivity index (χ2v) is 10.3. The van der Waals surface area contributed by atoms with Gasteiger partial charge in [-0.2, -0.15) is 0 Å². The van der Waals surface area contributed by atoms with Gasteiger partial charge in [0, 0.05) is 70.1 Å². The predicted molar refractivity (Wildman–Crippen MR) is 144 cm³/mol. The van der Waals surface area contributed by atoms with Crippen molar-refractivity contribution in [2.24, 2.45) is 5.92 Å². The highest BCUT2D eigenvalue weighted by atomic mass is 16.5. The molecule has 0 aliphatic carbocycles. The maximum absolute atomic E-state index is 13.2. The van der Waals surface area contributed by atoms with E-state index in [0.29, 0.717) is 51.4 Å². The molecule has 4 rings (SSSR count). The molecule has 0 spiro atoms. The molecule has 1 fully saturated rings. The lowest BCUT2D eigenvalue weighted by Crippen LogP contribution is -2.48. The van der Waals surface area contributed by atoms with Crippen LogP contribution in [0.25, 0.3) is 0 Å². The van der Waals surface area contributed by atoms with E-state index in [4.69, 9.17) is 9.47 Å². The van der Waals surface area contributed by atoms with Gasteiger partial charge in [-0.15, -0.1) is 5.10 Å². The number of hydrogen-bond donors (Lipinski definition) is 2. The zero-order chi connectivity index (χ0) is 27.8. The number of pyridine rings is 1. The molecule has 13 heteroatoms. The molecule has 0 saturated carbocycles. The molecule has 2 aliphatic heterocycles. The topological polar surface area (TPSA) is 138 Å². The first-order valence-corrected chi connectivity index (χ1v) is 13.6. The summed E-state index contributed by atoms with van der Waals surface area (Å²) in [7, 11) is 1.72. The van der Waals surface area contributed by atoms with Crippen molar-refractivity contribution in [2.45, 2.75) is 52.0 Å². The summed E-state index contributed by atoms with van der Waals surface area (Å²) < 4.78 is 13.5. The van der Waals surface area contributed by atoms with Crippen LogP contribution < -0.4 is 10.2 Å². The summed E-state index contributed by atoms with van der Waals surface area (Å²) in [5, 5.41) is 20.9. The monoisotopic (exact) mass is 544 g/mol. The minimum Gasteiger partial charge on any atom is -0.394 e. The number of aliphatic hydroxyl groups is 1. The van der Waals surface area contributed by atoms with Gasteiger partial charge in [0.1, 0.15) is 5.82 Å². The van der Waals surface area contributed by atoms with Crippen molar-refractivity contribution in [3.05, 3.63) is 30.2 Å². The average Bonchev–Trinajstić information content (AvgIpc) is 3.40. The summed E-state index contributed by atoms with van der Waals surface area (Å²) in [6, 6.07) is 3.02. The molecule has 2 aromatic heterocycles. The van der Waals surface area contributed by atoms with Gasteiger partial charge in [-0.25, -0.2) is 14.5 Å². The van der Waals surface area contributed by atoms with Gasteiger partial charge in [-0.3, -0.25) is 4.79 Å². The number of nitrogens with zero attached hydrogens (tertiary/aromatic N) is 7. The number of fused-ring (bicyclic) bond motifs is 1. The van der Waals surface area contributed by atoms with Crippen LogP contribution in [0.5, 0.6) is 0 Å². The van der Waals surface area contributed by atoms with E-state index in [0.717, 1.165) is 24.6 Å². The molecule has 3 atom stereocenters. The lowest BCUT2D eigenvalue weighted by molar-refractivity contribution is -0.136. The van der Waals surface area contributed by atoms with Crippen molar-refractivity contribution in [1.29, 1.82) is 0 Å². The average molecular weight is 545 g/mol. The van der Waals surface area contributed by atoms with Gasteiger partial charge in [-0.1, -0.05) is 12.1 Å². The van der Waals surface area contributed by atoms with E-state index >= 15 is 0 Å². The van der Waals surface area contributed by atoms with Gasteiger partial charge >= 0.3 is 6.03 Å². The fraction of sp³-hybridized carbons (Fsp3) is 0.654. The van der Waals surface area contributed by atoms with Crippen molar-refractivity contribution < 1.29 is 24.2 Å². The second-order valence-electron chi connectivity index (χ2n) is 10.3. The number of aryl methyl sites for hydroxylation is 1. The highest BCUT2D eigenvalue weighted by Crippen LogP contribution is 2.20. The quantitative estimate of drug-likeness (QED) is 0.549. The van der Waals surface area contributed by atoms with Crippen LogP contribution in [0.15, 0.2) is 24.5 Å². The van der Waals surface area contributed by atoms with Crippen LogP contribution in [0, 0.1) is 5.92 Å². The van der Waals surface area contributed by atoms with Gasteiger partial charge in [-0.05, 0) is 19.4 Å². The maximum atomic E-state index is 13.2. The first-order chi connectivity index (χ1) is 18.9. The van der Waals surface area contributed by atoms with Crippen LogP contribution in [-0.2, 0) is 27.4 Å². The van der Waals surface area contributed by atoms with Crippen LogP contribution >= 0.6 is 0 Å². The van der Waals surface area contributed by atoms with Crippen LogP contribution in [0.3, 0.4) is 0 Å². The first-order valence-electron chi connectivity index (χ1n) is 13.6. The summed E-state index contributed by atoms with van der Waals surface area (Å²) in [6.45, 7) is 8.06. The lowest BCUT2D eigenvalue weighted by atomic mass is 10.0. The number of ether oxygens (including phenoxy) is 2. The number of aromatic nitrogens is 4. The van der Waals surface area contributed by atoms with Crippen molar-refractivity contribution in [2.75, 3.05) is 63.3 Å². The Hall–Kier alpha value is -3.29. The molecular formula is C26H40N8O5. The molecule has 39 heavy (non-hydrogen) atoms. The molecule has 1 saturated heterocycles. The fourth-order valence-electron chi connectivity index (χ4n) is 4.78. The summed E-state index contributed by atoms with van der Waals surface area (Å²) >= 11 is 0. The number of hydrogen-bond acceptors (Lipinski definition) is 9. The molecule has 0 radical (unpaired) electrons. The third-order valence-electron chi connectivity index (χ3n) is 7.27. The van der Waals surface area contributed by atoms with Crippen molar-refractivity contribution in [1.82, 2.24) is 29.8 Å². The van der Waals surface area contributed by atoms with E-state index in [-0.39, 0.29) is 43.2 Å². The molecule has 4 heterocycles. The Kier molecular flexibility index (Phi) is 10.1. The van der Waals surface area contributed by atoms with E-state index in [1.807, 2.05) is 19.9 Å². The van der Waals surface area contributed by atoms with E-state index in [1.54, 1.807) is 40.0 Å². The summed E-state index contributed by atoms with van der Waals surface area (Å²) in [6.07, 6.45) is 3.94. The van der Waals surface area contributed by atoms with E-state index in [2.05, 4.69) is 25.5 Å². The molecule has 3 amide bonds. The van der Waals surface area contributed by atoms with Crippen molar-refractivity contribution >= 4 is 23.4 Å². The van der Waals surface area contributed by atoms with E-state index < -0.39 is 0 Å². The Morgan fingerprint density at radius 3 is 2.87 bits per heavy atom. The zero-order valence-electron chi connectivity index (χ0n) is 23.0. The van der Waals surface area contributed by atoms with Crippen molar-refractivity contribution in [3.8, 4) is 0 Å². The number of rotatable bonds is 6. The third-order valence-corrected chi connectivity index (χ3v) is 7.27. The van der Waals surface area contributed by atoms with Gasteiger partial charge in [0.15, 0.2) is 0 Å². The van der Waals surface area contributed by atoms with Gasteiger partial charge in [0.25, 0.3) is 0 Å². The number of urea groups is 1. The van der Waals surface area contributed by atoms with Gasteiger partial charge < -0.3 is 34.6 Å². The summed E-state index contributed by atoms with van der Waals surface area (Å²) in [5.41, 5.74) is 1.47. The van der Waals surface area contributed by atoms with Crippen LogP contribution in [0.2, 0.25) is 0 Å². The second kappa shape index (κ2) is 13.7. The summed E-state index contributed by atoms with van der Waals surface area (Å²) in [4.78, 5) is 36.1. The van der Waals surface area contributed by atoms with E-state index in [9.17, 15) is 14.7 Å². The Morgan fingerprint density at radius 2 is 2.10 bits per heavy atom. The molecule has 13 nitrogen and oxygen atoms in total. The van der Waals surface area contributed by atoms with Crippen LogP contribution in [0.4, 0.5) is 16.3 Å². The minimum atomic E-state index is -0.383. The number of aliphatic hydroxyl groups excluding tert-OH is 1. The van der Waals surface area contributed by atoms with Gasteiger partial charge in [0.05, 0.1) is 50.5 Å². The standard InChI is InChI=1S/C26H40N8O5/c1-19-15-33(20(2)17-35)25(36)5-4-8-34-22(14-28-30-34)18-39-23(19)16-31(3)26(37)29-21-6-7-27-24(13-21)32-9-11-38-12-10-32/h6-7,13-14,19-20,23,35H,4-5,8-12,15-18H2,1-3H3,(H,27,29,37)/t19-,20-,23-/m0/s1. The number of carbonyl (C=O) groups excluding carboxylic acids is 2. The Bertz CT molecular complexity index is 1090. The molecule has 0 bridgehead atoms. The Morgan fingerprint density at radius 1 is 1.31 bits per heavy atom. The molecule has 0 aromatic carbocycles. The Labute approximate surface area is 229 Å². The largest absolute Gasteiger partial charge is 0.394 e. The summed E-state index contributed by atoms with van der Waals surface area (Å²) in [5.74, 6) is 0.656. The maximum Gasteiger partial charge on any atom is 0.321 e. The third kappa shape index (κ3) is 7.64. The molecule has 2 aliphatic rings.